The molecule has 1 aromatic heterocycles. The molecular formula is C14H17N3. The summed E-state index contributed by atoms with van der Waals surface area (Å²) in [5.41, 5.74) is 8.88. The van der Waals surface area contributed by atoms with Crippen molar-refractivity contribution in [3.8, 4) is 0 Å². The Balaban J connectivity index is 2.23. The van der Waals surface area contributed by atoms with Crippen LogP contribution in [0.1, 0.15) is 18.7 Å². The van der Waals surface area contributed by atoms with Crippen molar-refractivity contribution in [1.29, 1.82) is 0 Å². The zero-order valence-corrected chi connectivity index (χ0v) is 10.2. The van der Waals surface area contributed by atoms with E-state index in [1.165, 1.54) is 0 Å². The minimum atomic E-state index is -0.0221. The van der Waals surface area contributed by atoms with Crippen LogP contribution in [0.15, 0.2) is 48.7 Å². The van der Waals surface area contributed by atoms with Gasteiger partial charge < -0.3 is 10.6 Å². The topological polar surface area (TPSA) is 42.1 Å². The molecule has 0 radical (unpaired) electrons. The lowest BCUT2D eigenvalue weighted by molar-refractivity contribution is 0.781. The van der Waals surface area contributed by atoms with E-state index in [-0.39, 0.29) is 6.04 Å². The number of aromatic nitrogens is 1. The van der Waals surface area contributed by atoms with Crippen LogP contribution in [0.25, 0.3) is 0 Å². The Morgan fingerprint density at radius 2 is 1.76 bits per heavy atom. The molecule has 3 nitrogen and oxygen atoms in total. The maximum absolute atomic E-state index is 5.77. The molecule has 2 N–H and O–H groups in total. The Morgan fingerprint density at radius 3 is 2.29 bits per heavy atom. The molecule has 0 unspecified atom stereocenters. The van der Waals surface area contributed by atoms with Crippen LogP contribution in [-0.4, -0.2) is 12.0 Å². The summed E-state index contributed by atoms with van der Waals surface area (Å²) in [6.45, 7) is 1.93. The van der Waals surface area contributed by atoms with Gasteiger partial charge in [0.15, 0.2) is 0 Å². The van der Waals surface area contributed by atoms with Crippen LogP contribution in [0.4, 0.5) is 11.4 Å². The number of benzene rings is 1. The number of pyridine rings is 1. The summed E-state index contributed by atoms with van der Waals surface area (Å²) >= 11 is 0. The number of hydrogen-bond acceptors (Lipinski definition) is 3. The van der Waals surface area contributed by atoms with Crippen LogP contribution in [-0.2, 0) is 0 Å². The third kappa shape index (κ3) is 2.63. The second-order valence-electron chi connectivity index (χ2n) is 4.12. The molecule has 0 saturated heterocycles. The average Bonchev–Trinajstić information content (AvgIpc) is 2.39. The molecule has 1 atom stereocenters. The first-order chi connectivity index (χ1) is 8.18. The Kier molecular flexibility index (Phi) is 3.40. The van der Waals surface area contributed by atoms with Crippen molar-refractivity contribution < 1.29 is 0 Å². The van der Waals surface area contributed by atoms with Gasteiger partial charge in [-0.2, -0.15) is 0 Å². The minimum Gasteiger partial charge on any atom is -0.343 e. The molecule has 0 fully saturated rings. The first-order valence-electron chi connectivity index (χ1n) is 5.69. The third-order valence-electron chi connectivity index (χ3n) is 2.77. The highest BCUT2D eigenvalue weighted by molar-refractivity contribution is 5.61. The zero-order chi connectivity index (χ0) is 12.3. The highest BCUT2D eigenvalue weighted by Crippen LogP contribution is 2.22. The summed E-state index contributed by atoms with van der Waals surface area (Å²) in [4.78, 5) is 6.45. The van der Waals surface area contributed by atoms with Crippen molar-refractivity contribution in [3.63, 3.8) is 0 Å². The molecule has 0 amide bonds. The lowest BCUT2D eigenvalue weighted by Crippen LogP contribution is -2.11. The van der Waals surface area contributed by atoms with Crippen molar-refractivity contribution in [1.82, 2.24) is 4.98 Å². The lowest BCUT2D eigenvalue weighted by Gasteiger charge is -2.19. The molecule has 2 rings (SSSR count). The summed E-state index contributed by atoms with van der Waals surface area (Å²) in [5, 5.41) is 0. The normalized spacial score (nSPS) is 12.2. The van der Waals surface area contributed by atoms with E-state index in [1.807, 2.05) is 50.5 Å². The molecule has 17 heavy (non-hydrogen) atoms. The average molecular weight is 227 g/mol. The van der Waals surface area contributed by atoms with Crippen molar-refractivity contribution in [2.24, 2.45) is 5.73 Å². The summed E-state index contributed by atoms with van der Waals surface area (Å²) in [6.07, 6.45) is 1.85. The van der Waals surface area contributed by atoms with Crippen LogP contribution in [0.2, 0.25) is 0 Å². The van der Waals surface area contributed by atoms with Gasteiger partial charge in [0.2, 0.25) is 0 Å². The highest BCUT2D eigenvalue weighted by atomic mass is 15.1. The van der Waals surface area contributed by atoms with Gasteiger partial charge in [-0.3, -0.25) is 4.98 Å². The Labute approximate surface area is 102 Å². The first kappa shape index (κ1) is 11.6. The van der Waals surface area contributed by atoms with Gasteiger partial charge in [-0.05, 0) is 31.2 Å². The molecule has 0 aliphatic rings. The van der Waals surface area contributed by atoms with Gasteiger partial charge >= 0.3 is 0 Å². The van der Waals surface area contributed by atoms with Gasteiger partial charge in [0.1, 0.15) is 0 Å². The molecule has 0 saturated carbocycles. The molecule has 0 aliphatic carbocycles. The van der Waals surface area contributed by atoms with Crippen LogP contribution >= 0.6 is 0 Å². The van der Waals surface area contributed by atoms with E-state index >= 15 is 0 Å². The van der Waals surface area contributed by atoms with Crippen molar-refractivity contribution >= 4 is 11.4 Å². The molecule has 3 heteroatoms. The molecule has 0 bridgehead atoms. The van der Waals surface area contributed by atoms with E-state index in [1.54, 1.807) is 0 Å². The minimum absolute atomic E-state index is 0.0221. The fourth-order valence-electron chi connectivity index (χ4n) is 1.67. The second-order valence-corrected chi connectivity index (χ2v) is 4.12. The monoisotopic (exact) mass is 227 g/mol. The van der Waals surface area contributed by atoms with Crippen LogP contribution in [0.3, 0.4) is 0 Å². The largest absolute Gasteiger partial charge is 0.343 e. The van der Waals surface area contributed by atoms with E-state index in [4.69, 9.17) is 5.73 Å². The number of hydrogen-bond donors (Lipinski definition) is 1. The lowest BCUT2D eigenvalue weighted by atomic mass is 10.2. The van der Waals surface area contributed by atoms with Crippen molar-refractivity contribution in [2.45, 2.75) is 13.0 Å². The summed E-state index contributed by atoms with van der Waals surface area (Å²) in [6, 6.07) is 14.2. The predicted octanol–water partition coefficient (Wildman–Crippen LogP) is 2.87. The standard InChI is InChI=1S/C14H17N3/c1-11(15)14-9-8-13(10-16-14)17(2)12-6-4-3-5-7-12/h3-11H,15H2,1-2H3/t11-/m1/s1. The third-order valence-corrected chi connectivity index (χ3v) is 2.77. The number of anilines is 2. The number of para-hydroxylation sites is 1. The predicted molar refractivity (Wildman–Crippen MR) is 71.3 cm³/mol. The number of nitrogens with two attached hydrogens (primary N) is 1. The quantitative estimate of drug-likeness (QED) is 0.876. The molecular weight excluding hydrogens is 210 g/mol. The van der Waals surface area contributed by atoms with E-state index < -0.39 is 0 Å². The molecule has 0 spiro atoms. The van der Waals surface area contributed by atoms with Crippen LogP contribution in [0.5, 0.6) is 0 Å². The maximum Gasteiger partial charge on any atom is 0.0594 e. The SMILES string of the molecule is C[C@@H](N)c1ccc(N(C)c2ccccc2)cn1. The Hall–Kier alpha value is -1.87. The van der Waals surface area contributed by atoms with E-state index in [0.29, 0.717) is 0 Å². The second kappa shape index (κ2) is 4.97. The molecule has 1 heterocycles. The fourth-order valence-corrected chi connectivity index (χ4v) is 1.67. The van der Waals surface area contributed by atoms with Gasteiger partial charge in [0.05, 0.1) is 17.6 Å². The fraction of sp³-hybridized carbons (Fsp3) is 0.214. The molecule has 2 aromatic rings. The highest BCUT2D eigenvalue weighted by Gasteiger charge is 2.05. The molecule has 0 aliphatic heterocycles. The molecule has 88 valence electrons. The summed E-state index contributed by atoms with van der Waals surface area (Å²) in [5.74, 6) is 0. The zero-order valence-electron chi connectivity index (χ0n) is 10.2. The van der Waals surface area contributed by atoms with Gasteiger partial charge in [-0.15, -0.1) is 0 Å². The van der Waals surface area contributed by atoms with Gasteiger partial charge in [0.25, 0.3) is 0 Å². The maximum atomic E-state index is 5.77. The van der Waals surface area contributed by atoms with Gasteiger partial charge in [-0.25, -0.2) is 0 Å². The smallest absolute Gasteiger partial charge is 0.0594 e. The van der Waals surface area contributed by atoms with Crippen LogP contribution < -0.4 is 10.6 Å². The van der Waals surface area contributed by atoms with Crippen molar-refractivity contribution in [3.05, 3.63) is 54.4 Å². The Bertz CT molecular complexity index is 463. The van der Waals surface area contributed by atoms with E-state index in [0.717, 1.165) is 17.1 Å². The summed E-state index contributed by atoms with van der Waals surface area (Å²) < 4.78 is 0. The number of nitrogens with zero attached hydrogens (tertiary/aromatic N) is 2. The van der Waals surface area contributed by atoms with Crippen molar-refractivity contribution in [2.75, 3.05) is 11.9 Å². The van der Waals surface area contributed by atoms with E-state index in [9.17, 15) is 0 Å². The molecule has 1 aromatic carbocycles. The Morgan fingerprint density at radius 1 is 1.06 bits per heavy atom. The van der Waals surface area contributed by atoms with Gasteiger partial charge in [0, 0.05) is 18.8 Å². The first-order valence-corrected chi connectivity index (χ1v) is 5.69. The van der Waals surface area contributed by atoms with Gasteiger partial charge in [-0.1, -0.05) is 18.2 Å². The number of rotatable bonds is 3. The summed E-state index contributed by atoms with van der Waals surface area (Å²) in [7, 11) is 2.03. The van der Waals surface area contributed by atoms with E-state index in [2.05, 4.69) is 22.0 Å². The van der Waals surface area contributed by atoms with Crippen LogP contribution in [0, 0.1) is 0 Å².